The molecule has 1 rings (SSSR count). The van der Waals surface area contributed by atoms with E-state index in [0.29, 0.717) is 19.0 Å². The molecule has 0 saturated carbocycles. The third kappa shape index (κ3) is 4.87. The maximum atomic E-state index is 11.7. The summed E-state index contributed by atoms with van der Waals surface area (Å²) in [6.45, 7) is 4.84. The Morgan fingerprint density at radius 1 is 1.35 bits per heavy atom. The molecule has 0 atom stereocenters. The topological polar surface area (TPSA) is 78.4 Å². The van der Waals surface area contributed by atoms with Crippen molar-refractivity contribution >= 4 is 11.9 Å². The molecule has 1 aromatic rings. The van der Waals surface area contributed by atoms with Gasteiger partial charge in [-0.3, -0.25) is 14.8 Å². The van der Waals surface area contributed by atoms with E-state index in [2.05, 4.69) is 25.9 Å². The molecule has 0 aliphatic rings. The minimum Gasteiger partial charge on any atom is -0.359 e. The molecule has 0 aliphatic heterocycles. The average molecular weight is 277 g/mol. The summed E-state index contributed by atoms with van der Waals surface area (Å²) in [6.07, 6.45) is 1.75. The molecule has 1 aromatic heterocycles. The first-order valence-electron chi connectivity index (χ1n) is 6.56. The first kappa shape index (κ1) is 15.9. The van der Waals surface area contributed by atoms with Gasteiger partial charge >= 0.3 is 0 Å². The van der Waals surface area contributed by atoms with Gasteiger partial charge in [-0.05, 0) is 26.0 Å². The van der Waals surface area contributed by atoms with Crippen LogP contribution in [0, 0.1) is 5.41 Å². The summed E-state index contributed by atoms with van der Waals surface area (Å²) in [5.41, 5.74) is 0.429. The Labute approximate surface area is 120 Å². The Hall–Kier alpha value is -2.11. The summed E-state index contributed by atoms with van der Waals surface area (Å²) in [4.78, 5) is 20.0. The highest BCUT2D eigenvalue weighted by Gasteiger charge is 2.26. The number of aliphatic imine (C=N–C) groups is 1. The van der Waals surface area contributed by atoms with Crippen molar-refractivity contribution in [2.24, 2.45) is 10.4 Å². The molecule has 0 fully saturated rings. The van der Waals surface area contributed by atoms with Crippen molar-refractivity contribution in [1.82, 2.24) is 20.9 Å². The van der Waals surface area contributed by atoms with Gasteiger partial charge in [0.2, 0.25) is 5.91 Å². The summed E-state index contributed by atoms with van der Waals surface area (Å²) >= 11 is 0. The summed E-state index contributed by atoms with van der Waals surface area (Å²) in [5.74, 6) is 0.637. The predicted octanol–water partition coefficient (Wildman–Crippen LogP) is 0.519. The van der Waals surface area contributed by atoms with E-state index >= 15 is 0 Å². The second kappa shape index (κ2) is 7.47. The third-order valence-corrected chi connectivity index (χ3v) is 2.93. The van der Waals surface area contributed by atoms with Crippen molar-refractivity contribution in [3.63, 3.8) is 0 Å². The third-order valence-electron chi connectivity index (χ3n) is 2.93. The number of aromatic nitrogens is 1. The van der Waals surface area contributed by atoms with Gasteiger partial charge in [0.05, 0.1) is 17.7 Å². The predicted molar refractivity (Wildman–Crippen MR) is 80.3 cm³/mol. The standard InChI is InChI=1S/C14H23N5O/c1-14(2,12(20)15-3)10-19-13(16-4)18-9-11-7-5-6-8-17-11/h5-8H,9-10H2,1-4H3,(H,15,20)(H2,16,18,19). The van der Waals surface area contributed by atoms with Crippen molar-refractivity contribution in [2.45, 2.75) is 20.4 Å². The van der Waals surface area contributed by atoms with Gasteiger partial charge in [-0.25, -0.2) is 0 Å². The van der Waals surface area contributed by atoms with Gasteiger partial charge in [-0.2, -0.15) is 0 Å². The molecule has 6 heteroatoms. The van der Waals surface area contributed by atoms with Gasteiger partial charge in [0, 0.05) is 26.8 Å². The number of guanidine groups is 1. The van der Waals surface area contributed by atoms with Crippen LogP contribution in [0.15, 0.2) is 29.4 Å². The quantitative estimate of drug-likeness (QED) is 0.541. The van der Waals surface area contributed by atoms with Gasteiger partial charge in [0.1, 0.15) is 0 Å². The van der Waals surface area contributed by atoms with Crippen molar-refractivity contribution < 1.29 is 4.79 Å². The molecule has 0 saturated heterocycles. The van der Waals surface area contributed by atoms with Gasteiger partial charge in [-0.1, -0.05) is 6.07 Å². The second-order valence-corrected chi connectivity index (χ2v) is 5.06. The molecule has 0 aliphatic carbocycles. The van der Waals surface area contributed by atoms with E-state index in [1.54, 1.807) is 20.3 Å². The number of carbonyl (C=O) groups is 1. The number of nitrogens with one attached hydrogen (secondary N) is 3. The Morgan fingerprint density at radius 2 is 2.10 bits per heavy atom. The van der Waals surface area contributed by atoms with Crippen molar-refractivity contribution in [3.05, 3.63) is 30.1 Å². The summed E-state index contributed by atoms with van der Waals surface area (Å²) in [7, 11) is 3.33. The molecular formula is C14H23N5O. The monoisotopic (exact) mass is 277 g/mol. The van der Waals surface area contributed by atoms with E-state index < -0.39 is 5.41 Å². The maximum absolute atomic E-state index is 11.7. The zero-order chi connectivity index (χ0) is 15.0. The van der Waals surface area contributed by atoms with E-state index in [0.717, 1.165) is 5.69 Å². The zero-order valence-electron chi connectivity index (χ0n) is 12.5. The van der Waals surface area contributed by atoms with E-state index in [-0.39, 0.29) is 5.91 Å². The first-order valence-corrected chi connectivity index (χ1v) is 6.56. The SMILES string of the molecule is CN=C(NCc1ccccn1)NCC(C)(C)C(=O)NC. The maximum Gasteiger partial charge on any atom is 0.227 e. The van der Waals surface area contributed by atoms with Gasteiger partial charge in [-0.15, -0.1) is 0 Å². The number of carbonyl (C=O) groups excluding carboxylic acids is 1. The second-order valence-electron chi connectivity index (χ2n) is 5.06. The van der Waals surface area contributed by atoms with Crippen molar-refractivity contribution in [2.75, 3.05) is 20.6 Å². The minimum absolute atomic E-state index is 0.00909. The summed E-state index contributed by atoms with van der Waals surface area (Å²) < 4.78 is 0. The molecule has 0 radical (unpaired) electrons. The number of hydrogen-bond donors (Lipinski definition) is 3. The smallest absolute Gasteiger partial charge is 0.227 e. The van der Waals surface area contributed by atoms with Crippen molar-refractivity contribution in [3.8, 4) is 0 Å². The van der Waals surface area contributed by atoms with Gasteiger partial charge in [0.25, 0.3) is 0 Å². The zero-order valence-corrected chi connectivity index (χ0v) is 12.5. The van der Waals surface area contributed by atoms with Crippen LogP contribution in [0.5, 0.6) is 0 Å². The fraction of sp³-hybridized carbons (Fsp3) is 0.500. The van der Waals surface area contributed by atoms with E-state index in [4.69, 9.17) is 0 Å². The van der Waals surface area contributed by atoms with Crippen molar-refractivity contribution in [1.29, 1.82) is 0 Å². The number of amides is 1. The Kier molecular flexibility index (Phi) is 5.96. The van der Waals surface area contributed by atoms with Crippen LogP contribution < -0.4 is 16.0 Å². The Bertz CT molecular complexity index is 456. The molecule has 0 unspecified atom stereocenters. The number of nitrogens with zero attached hydrogens (tertiary/aromatic N) is 2. The van der Waals surface area contributed by atoms with Crippen LogP contribution in [0.3, 0.4) is 0 Å². The van der Waals surface area contributed by atoms with Crippen LogP contribution in [0.1, 0.15) is 19.5 Å². The van der Waals surface area contributed by atoms with E-state index in [1.807, 2.05) is 32.0 Å². The first-order chi connectivity index (χ1) is 9.49. The van der Waals surface area contributed by atoms with Crippen LogP contribution >= 0.6 is 0 Å². The molecule has 20 heavy (non-hydrogen) atoms. The molecule has 0 spiro atoms. The molecule has 6 nitrogen and oxygen atoms in total. The van der Waals surface area contributed by atoms with Gasteiger partial charge < -0.3 is 16.0 Å². The minimum atomic E-state index is -0.503. The number of hydrogen-bond acceptors (Lipinski definition) is 3. The molecule has 0 aromatic carbocycles. The van der Waals surface area contributed by atoms with E-state index in [9.17, 15) is 4.79 Å². The lowest BCUT2D eigenvalue weighted by Crippen LogP contribution is -2.47. The molecular weight excluding hydrogens is 254 g/mol. The van der Waals surface area contributed by atoms with Crippen LogP contribution in [-0.2, 0) is 11.3 Å². The lowest BCUT2D eigenvalue weighted by Gasteiger charge is -2.24. The number of rotatable bonds is 5. The Balaban J connectivity index is 2.47. The van der Waals surface area contributed by atoms with Crippen LogP contribution in [0.25, 0.3) is 0 Å². The molecule has 0 bridgehead atoms. The summed E-state index contributed by atoms with van der Waals surface area (Å²) in [5, 5.41) is 8.96. The molecule has 1 heterocycles. The molecule has 3 N–H and O–H groups in total. The molecule has 1 amide bonds. The highest BCUT2D eigenvalue weighted by Crippen LogP contribution is 2.12. The summed E-state index contributed by atoms with van der Waals surface area (Å²) in [6, 6.07) is 5.76. The fourth-order valence-corrected chi connectivity index (χ4v) is 1.62. The number of pyridine rings is 1. The van der Waals surface area contributed by atoms with Gasteiger partial charge in [0.15, 0.2) is 5.96 Å². The van der Waals surface area contributed by atoms with Crippen LogP contribution in [0.4, 0.5) is 0 Å². The highest BCUT2D eigenvalue weighted by atomic mass is 16.2. The lowest BCUT2D eigenvalue weighted by molar-refractivity contribution is -0.128. The lowest BCUT2D eigenvalue weighted by atomic mass is 9.92. The van der Waals surface area contributed by atoms with Crippen LogP contribution in [0.2, 0.25) is 0 Å². The average Bonchev–Trinajstić information content (AvgIpc) is 2.47. The largest absolute Gasteiger partial charge is 0.359 e. The molecule has 110 valence electrons. The van der Waals surface area contributed by atoms with E-state index in [1.165, 1.54) is 0 Å². The normalized spacial score (nSPS) is 11.9. The highest BCUT2D eigenvalue weighted by molar-refractivity contribution is 5.84. The fourth-order valence-electron chi connectivity index (χ4n) is 1.62. The van der Waals surface area contributed by atoms with Crippen LogP contribution in [-0.4, -0.2) is 37.5 Å². The Morgan fingerprint density at radius 3 is 2.65 bits per heavy atom.